The van der Waals surface area contributed by atoms with Gasteiger partial charge in [0.15, 0.2) is 0 Å². The van der Waals surface area contributed by atoms with Gasteiger partial charge in [-0.3, -0.25) is 4.79 Å². The van der Waals surface area contributed by atoms with E-state index in [1.807, 2.05) is 44.2 Å². The molecule has 0 fully saturated rings. The summed E-state index contributed by atoms with van der Waals surface area (Å²) in [5.41, 5.74) is 0. The van der Waals surface area contributed by atoms with Crippen LogP contribution >= 0.6 is 0 Å². The molecule has 0 atom stereocenters. The maximum absolute atomic E-state index is 11.6. The lowest BCUT2D eigenvalue weighted by Crippen LogP contribution is -2.18. The van der Waals surface area contributed by atoms with E-state index in [4.69, 9.17) is 4.74 Å². The molecule has 0 saturated carbocycles. The monoisotopic (exact) mass is 256 g/mol. The predicted octanol–water partition coefficient (Wildman–Crippen LogP) is 3.47. The van der Waals surface area contributed by atoms with Gasteiger partial charge in [0.25, 0.3) is 0 Å². The van der Waals surface area contributed by atoms with Gasteiger partial charge in [-0.05, 0) is 18.2 Å². The molecule has 19 heavy (non-hydrogen) atoms. The van der Waals surface area contributed by atoms with Crippen molar-refractivity contribution in [2.45, 2.75) is 13.8 Å². The van der Waals surface area contributed by atoms with Gasteiger partial charge in [0.1, 0.15) is 17.3 Å². The van der Waals surface area contributed by atoms with E-state index in [2.05, 4.69) is 10.3 Å². The fourth-order valence-electron chi connectivity index (χ4n) is 1.44. The van der Waals surface area contributed by atoms with E-state index in [1.54, 1.807) is 18.3 Å². The highest BCUT2D eigenvalue weighted by Crippen LogP contribution is 2.22. The molecule has 1 heterocycles. The van der Waals surface area contributed by atoms with Gasteiger partial charge in [-0.15, -0.1) is 0 Å². The van der Waals surface area contributed by atoms with E-state index in [0.29, 0.717) is 11.6 Å². The average Bonchev–Trinajstić information content (AvgIpc) is 2.40. The molecular weight excluding hydrogens is 240 g/mol. The van der Waals surface area contributed by atoms with Crippen LogP contribution in [0.3, 0.4) is 0 Å². The highest BCUT2D eigenvalue weighted by Gasteiger charge is 2.08. The minimum atomic E-state index is -0.0829. The Morgan fingerprint density at radius 1 is 1.16 bits per heavy atom. The highest BCUT2D eigenvalue weighted by atomic mass is 16.5. The van der Waals surface area contributed by atoms with Crippen LogP contribution < -0.4 is 10.1 Å². The lowest BCUT2D eigenvalue weighted by Gasteiger charge is -2.09. The molecule has 0 aliphatic carbocycles. The zero-order valence-electron chi connectivity index (χ0n) is 11.0. The van der Waals surface area contributed by atoms with E-state index in [1.165, 1.54) is 0 Å². The number of carbonyl (C=O) groups is 1. The van der Waals surface area contributed by atoms with Gasteiger partial charge in [-0.1, -0.05) is 32.0 Å². The molecule has 0 aliphatic heterocycles. The molecule has 2 aromatic rings. The van der Waals surface area contributed by atoms with Crippen LogP contribution in [-0.4, -0.2) is 10.9 Å². The van der Waals surface area contributed by atoms with Gasteiger partial charge in [0.2, 0.25) is 5.91 Å². The third-order valence-corrected chi connectivity index (χ3v) is 2.49. The number of pyridine rings is 1. The summed E-state index contributed by atoms with van der Waals surface area (Å²) in [5.74, 6) is 1.73. The maximum atomic E-state index is 11.6. The fraction of sp³-hybridized carbons (Fsp3) is 0.200. The maximum Gasteiger partial charge on any atom is 0.228 e. The summed E-state index contributed by atoms with van der Waals surface area (Å²) >= 11 is 0. The molecule has 98 valence electrons. The lowest BCUT2D eigenvalue weighted by molar-refractivity contribution is -0.118. The molecule has 1 aromatic carbocycles. The first-order chi connectivity index (χ1) is 9.15. The number of nitrogens with zero attached hydrogens (tertiary/aromatic N) is 1. The van der Waals surface area contributed by atoms with Gasteiger partial charge in [0, 0.05) is 18.2 Å². The van der Waals surface area contributed by atoms with Crippen molar-refractivity contribution in [1.82, 2.24) is 4.98 Å². The second-order valence-electron chi connectivity index (χ2n) is 4.44. The third-order valence-electron chi connectivity index (χ3n) is 2.49. The summed E-state index contributed by atoms with van der Waals surface area (Å²) in [6, 6.07) is 12.9. The van der Waals surface area contributed by atoms with Crippen LogP contribution in [0.5, 0.6) is 11.5 Å². The van der Waals surface area contributed by atoms with Crippen molar-refractivity contribution < 1.29 is 9.53 Å². The molecule has 1 amide bonds. The summed E-state index contributed by atoms with van der Waals surface area (Å²) in [6.07, 6.45) is 1.61. The first kappa shape index (κ1) is 13.1. The zero-order valence-corrected chi connectivity index (χ0v) is 11.0. The van der Waals surface area contributed by atoms with Crippen molar-refractivity contribution in [1.29, 1.82) is 0 Å². The topological polar surface area (TPSA) is 51.2 Å². The summed E-state index contributed by atoms with van der Waals surface area (Å²) < 4.78 is 5.67. The Morgan fingerprint density at radius 3 is 2.58 bits per heavy atom. The minimum Gasteiger partial charge on any atom is -0.457 e. The first-order valence-corrected chi connectivity index (χ1v) is 6.15. The number of para-hydroxylation sites is 1. The van der Waals surface area contributed by atoms with Gasteiger partial charge in [-0.2, -0.15) is 0 Å². The molecule has 4 nitrogen and oxygen atoms in total. The fourth-order valence-corrected chi connectivity index (χ4v) is 1.44. The number of aromatic nitrogens is 1. The Hall–Kier alpha value is -2.36. The van der Waals surface area contributed by atoms with E-state index >= 15 is 0 Å². The van der Waals surface area contributed by atoms with Crippen LogP contribution in [0.1, 0.15) is 13.8 Å². The quantitative estimate of drug-likeness (QED) is 0.911. The summed E-state index contributed by atoms with van der Waals surface area (Å²) in [7, 11) is 0. The summed E-state index contributed by atoms with van der Waals surface area (Å²) in [4.78, 5) is 15.7. The Balaban J connectivity index is 2.09. The van der Waals surface area contributed by atoms with Crippen molar-refractivity contribution in [3.05, 3.63) is 48.7 Å². The van der Waals surface area contributed by atoms with Crippen molar-refractivity contribution in [2.24, 2.45) is 5.92 Å². The molecule has 0 unspecified atom stereocenters. The van der Waals surface area contributed by atoms with Crippen LogP contribution in [0.4, 0.5) is 5.82 Å². The van der Waals surface area contributed by atoms with Crippen molar-refractivity contribution in [2.75, 3.05) is 5.32 Å². The normalized spacial score (nSPS) is 10.3. The molecule has 0 bridgehead atoms. The summed E-state index contributed by atoms with van der Waals surface area (Å²) in [6.45, 7) is 3.67. The Morgan fingerprint density at radius 2 is 1.89 bits per heavy atom. The van der Waals surface area contributed by atoms with Crippen molar-refractivity contribution in [3.63, 3.8) is 0 Å². The van der Waals surface area contributed by atoms with Crippen molar-refractivity contribution >= 4 is 11.7 Å². The Kier molecular flexibility index (Phi) is 4.13. The van der Waals surface area contributed by atoms with E-state index in [-0.39, 0.29) is 11.8 Å². The van der Waals surface area contributed by atoms with Crippen LogP contribution in [0.25, 0.3) is 0 Å². The van der Waals surface area contributed by atoms with Gasteiger partial charge in [-0.25, -0.2) is 4.98 Å². The second kappa shape index (κ2) is 6.00. The molecular formula is C15H16N2O2. The van der Waals surface area contributed by atoms with Gasteiger partial charge >= 0.3 is 0 Å². The Labute approximate surface area is 112 Å². The number of anilines is 1. The molecule has 1 N–H and O–H groups in total. The first-order valence-electron chi connectivity index (χ1n) is 6.15. The van der Waals surface area contributed by atoms with Crippen LogP contribution in [0, 0.1) is 5.92 Å². The largest absolute Gasteiger partial charge is 0.457 e. The predicted molar refractivity (Wildman–Crippen MR) is 74.2 cm³/mol. The smallest absolute Gasteiger partial charge is 0.228 e. The average molecular weight is 256 g/mol. The molecule has 1 aromatic heterocycles. The minimum absolute atomic E-state index is 0.0654. The zero-order chi connectivity index (χ0) is 13.7. The number of benzene rings is 1. The molecule has 4 heteroatoms. The van der Waals surface area contributed by atoms with Crippen LogP contribution in [0.2, 0.25) is 0 Å². The van der Waals surface area contributed by atoms with E-state index in [9.17, 15) is 4.79 Å². The van der Waals surface area contributed by atoms with Gasteiger partial charge < -0.3 is 10.1 Å². The molecule has 0 saturated heterocycles. The Bertz CT molecular complexity index is 553. The standard InChI is InChI=1S/C15H16N2O2/c1-11(2)15(18)17-14-10-13(8-9-16-14)19-12-6-4-3-5-7-12/h3-11H,1-2H3,(H,16,17,18). The number of nitrogens with one attached hydrogen (secondary N) is 1. The highest BCUT2D eigenvalue weighted by molar-refractivity contribution is 5.91. The van der Waals surface area contributed by atoms with Crippen molar-refractivity contribution in [3.8, 4) is 11.5 Å². The van der Waals surface area contributed by atoms with E-state index in [0.717, 1.165) is 5.75 Å². The SMILES string of the molecule is CC(C)C(=O)Nc1cc(Oc2ccccc2)ccn1. The van der Waals surface area contributed by atoms with Crippen LogP contribution in [0.15, 0.2) is 48.7 Å². The number of hydrogen-bond donors (Lipinski definition) is 1. The number of hydrogen-bond acceptors (Lipinski definition) is 3. The third kappa shape index (κ3) is 3.81. The van der Waals surface area contributed by atoms with E-state index < -0.39 is 0 Å². The number of rotatable bonds is 4. The lowest BCUT2D eigenvalue weighted by atomic mass is 10.2. The molecule has 0 spiro atoms. The number of carbonyl (C=O) groups excluding carboxylic acids is 1. The second-order valence-corrected chi connectivity index (χ2v) is 4.44. The number of amides is 1. The number of ether oxygens (including phenoxy) is 1. The summed E-state index contributed by atoms with van der Waals surface area (Å²) in [5, 5.41) is 2.74. The van der Waals surface area contributed by atoms with Crippen LogP contribution in [-0.2, 0) is 4.79 Å². The molecule has 0 aliphatic rings. The van der Waals surface area contributed by atoms with Gasteiger partial charge in [0.05, 0.1) is 0 Å². The molecule has 0 radical (unpaired) electrons. The molecule has 2 rings (SSSR count).